The highest BCUT2D eigenvalue weighted by molar-refractivity contribution is 9.10. The van der Waals surface area contributed by atoms with Crippen molar-refractivity contribution in [2.24, 2.45) is 5.92 Å². The molecular formula is C14H20BrN3O2. The number of carbonyl (C=O) groups excluding carboxylic acids is 2. The maximum atomic E-state index is 11.9. The minimum absolute atomic E-state index is 0.0623. The molecule has 0 unspecified atom stereocenters. The molecule has 1 aromatic carbocycles. The van der Waals surface area contributed by atoms with Gasteiger partial charge in [0.1, 0.15) is 0 Å². The Morgan fingerprint density at radius 2 is 1.95 bits per heavy atom. The molecule has 1 aromatic rings. The van der Waals surface area contributed by atoms with Crippen LogP contribution in [0.15, 0.2) is 22.7 Å². The summed E-state index contributed by atoms with van der Waals surface area (Å²) < 4.78 is 0.748. The van der Waals surface area contributed by atoms with Gasteiger partial charge in [0.2, 0.25) is 5.91 Å². The van der Waals surface area contributed by atoms with E-state index in [0.717, 1.165) is 4.47 Å². The highest BCUT2D eigenvalue weighted by Gasteiger charge is 2.08. The van der Waals surface area contributed by atoms with E-state index in [1.165, 1.54) is 0 Å². The molecule has 6 heteroatoms. The number of nitrogen functional groups attached to an aromatic ring is 1. The number of nitrogens with one attached hydrogen (secondary N) is 2. The monoisotopic (exact) mass is 341 g/mol. The molecule has 0 heterocycles. The Kier molecular flexibility index (Phi) is 6.51. The maximum Gasteiger partial charge on any atom is 0.251 e. The quantitative estimate of drug-likeness (QED) is 0.691. The highest BCUT2D eigenvalue weighted by atomic mass is 79.9. The van der Waals surface area contributed by atoms with Gasteiger partial charge in [-0.15, -0.1) is 0 Å². The van der Waals surface area contributed by atoms with E-state index in [9.17, 15) is 9.59 Å². The highest BCUT2D eigenvalue weighted by Crippen LogP contribution is 2.17. The second-order valence-electron chi connectivity index (χ2n) is 4.98. The normalized spacial score (nSPS) is 10.4. The minimum Gasteiger partial charge on any atom is -0.399 e. The van der Waals surface area contributed by atoms with Gasteiger partial charge in [0.15, 0.2) is 0 Å². The Balaban J connectivity index is 2.38. The average Bonchev–Trinajstić information content (AvgIpc) is 2.35. The lowest BCUT2D eigenvalue weighted by Crippen LogP contribution is -2.32. The molecule has 0 fully saturated rings. The first-order valence-electron chi connectivity index (χ1n) is 6.49. The van der Waals surface area contributed by atoms with Crippen molar-refractivity contribution in [3.63, 3.8) is 0 Å². The first kappa shape index (κ1) is 16.5. The van der Waals surface area contributed by atoms with Crippen molar-refractivity contribution in [2.45, 2.75) is 20.3 Å². The number of hydrogen-bond donors (Lipinski definition) is 3. The maximum absolute atomic E-state index is 11.9. The van der Waals surface area contributed by atoms with Gasteiger partial charge in [0.05, 0.1) is 0 Å². The molecule has 0 bridgehead atoms. The molecule has 1 rings (SSSR count). The number of halogens is 1. The zero-order chi connectivity index (χ0) is 15.1. The van der Waals surface area contributed by atoms with Crippen molar-refractivity contribution in [2.75, 3.05) is 18.8 Å². The number of amides is 2. The third-order valence-corrected chi connectivity index (χ3v) is 2.99. The first-order chi connectivity index (χ1) is 9.38. The molecule has 20 heavy (non-hydrogen) atoms. The van der Waals surface area contributed by atoms with Crippen molar-refractivity contribution in [3.05, 3.63) is 28.2 Å². The van der Waals surface area contributed by atoms with Gasteiger partial charge >= 0.3 is 0 Å². The minimum atomic E-state index is -0.241. The molecule has 0 aromatic heterocycles. The summed E-state index contributed by atoms with van der Waals surface area (Å²) in [7, 11) is 0. The first-order valence-corrected chi connectivity index (χ1v) is 7.28. The van der Waals surface area contributed by atoms with Gasteiger partial charge in [-0.25, -0.2) is 0 Å². The molecule has 0 aliphatic carbocycles. The molecule has 0 aliphatic rings. The summed E-state index contributed by atoms with van der Waals surface area (Å²) in [6.45, 7) is 5.00. The summed E-state index contributed by atoms with van der Waals surface area (Å²) in [5.41, 5.74) is 6.65. The summed E-state index contributed by atoms with van der Waals surface area (Å²) >= 11 is 3.28. The Hall–Kier alpha value is -1.56. The topological polar surface area (TPSA) is 84.2 Å². The van der Waals surface area contributed by atoms with Crippen LogP contribution in [-0.4, -0.2) is 24.9 Å². The van der Waals surface area contributed by atoms with Crippen LogP contribution in [0, 0.1) is 5.92 Å². The van der Waals surface area contributed by atoms with E-state index in [1.807, 2.05) is 13.8 Å². The summed E-state index contributed by atoms with van der Waals surface area (Å²) in [4.78, 5) is 23.4. The van der Waals surface area contributed by atoms with Gasteiger partial charge in [-0.3, -0.25) is 9.59 Å². The van der Waals surface area contributed by atoms with E-state index in [2.05, 4.69) is 26.6 Å². The summed E-state index contributed by atoms with van der Waals surface area (Å²) in [6.07, 6.45) is 0.266. The Morgan fingerprint density at radius 3 is 2.55 bits per heavy atom. The van der Waals surface area contributed by atoms with Crippen molar-refractivity contribution < 1.29 is 9.59 Å². The van der Waals surface area contributed by atoms with Gasteiger partial charge in [-0.1, -0.05) is 29.8 Å². The van der Waals surface area contributed by atoms with Crippen molar-refractivity contribution >= 4 is 33.4 Å². The SMILES string of the molecule is CC(C)CNC(=O)CCNC(=O)c1cc(N)cc(Br)c1. The fourth-order valence-corrected chi connectivity index (χ4v) is 2.05. The molecule has 0 saturated carbocycles. The predicted molar refractivity (Wildman–Crippen MR) is 83.4 cm³/mol. The number of benzene rings is 1. The second-order valence-corrected chi connectivity index (χ2v) is 5.89. The summed E-state index contributed by atoms with van der Waals surface area (Å²) in [5, 5.41) is 5.49. The molecule has 0 aliphatic heterocycles. The van der Waals surface area contributed by atoms with Gasteiger partial charge in [0.25, 0.3) is 5.91 Å². The standard InChI is InChI=1S/C14H20BrN3O2/c1-9(2)8-18-13(19)3-4-17-14(20)10-5-11(15)7-12(16)6-10/h5-7,9H,3-4,8,16H2,1-2H3,(H,17,20)(H,18,19). The van der Waals surface area contributed by atoms with Gasteiger partial charge < -0.3 is 16.4 Å². The smallest absolute Gasteiger partial charge is 0.251 e. The van der Waals surface area contributed by atoms with Gasteiger partial charge in [-0.2, -0.15) is 0 Å². The van der Waals surface area contributed by atoms with Crippen molar-refractivity contribution in [1.29, 1.82) is 0 Å². The fraction of sp³-hybridized carbons (Fsp3) is 0.429. The molecule has 0 saturated heterocycles. The van der Waals surface area contributed by atoms with Crippen LogP contribution in [-0.2, 0) is 4.79 Å². The number of hydrogen-bond acceptors (Lipinski definition) is 3. The van der Waals surface area contributed by atoms with E-state index >= 15 is 0 Å². The van der Waals surface area contributed by atoms with Crippen LogP contribution < -0.4 is 16.4 Å². The molecule has 0 atom stereocenters. The van der Waals surface area contributed by atoms with E-state index in [0.29, 0.717) is 30.3 Å². The summed E-state index contributed by atoms with van der Waals surface area (Å²) in [5.74, 6) is 0.112. The third-order valence-electron chi connectivity index (χ3n) is 2.53. The van der Waals surface area contributed by atoms with Crippen LogP contribution in [0.3, 0.4) is 0 Å². The summed E-state index contributed by atoms with van der Waals surface area (Å²) in [6, 6.07) is 5.00. The largest absolute Gasteiger partial charge is 0.399 e. The second kappa shape index (κ2) is 7.89. The van der Waals surface area contributed by atoms with Crippen LogP contribution >= 0.6 is 15.9 Å². The molecule has 2 amide bonds. The number of carbonyl (C=O) groups is 2. The van der Waals surface area contributed by atoms with Crippen LogP contribution in [0.5, 0.6) is 0 Å². The van der Waals surface area contributed by atoms with Crippen LogP contribution in [0.25, 0.3) is 0 Å². The molecule has 5 nitrogen and oxygen atoms in total. The van der Waals surface area contributed by atoms with E-state index in [1.54, 1.807) is 18.2 Å². The Morgan fingerprint density at radius 1 is 1.25 bits per heavy atom. The lowest BCUT2D eigenvalue weighted by molar-refractivity contribution is -0.121. The molecule has 110 valence electrons. The lowest BCUT2D eigenvalue weighted by Gasteiger charge is -2.09. The van der Waals surface area contributed by atoms with E-state index in [4.69, 9.17) is 5.73 Å². The zero-order valence-electron chi connectivity index (χ0n) is 11.7. The van der Waals surface area contributed by atoms with Crippen molar-refractivity contribution in [3.8, 4) is 0 Å². The molecule has 4 N–H and O–H groups in total. The molecular weight excluding hydrogens is 322 g/mol. The van der Waals surface area contributed by atoms with E-state index in [-0.39, 0.29) is 18.2 Å². The lowest BCUT2D eigenvalue weighted by atomic mass is 10.2. The van der Waals surface area contributed by atoms with Gasteiger partial charge in [0, 0.05) is 35.2 Å². The zero-order valence-corrected chi connectivity index (χ0v) is 13.3. The predicted octanol–water partition coefficient (Wildman–Crippen LogP) is 1.92. The fourth-order valence-electron chi connectivity index (χ4n) is 1.54. The van der Waals surface area contributed by atoms with Crippen LogP contribution in [0.4, 0.5) is 5.69 Å². The Labute approximate surface area is 127 Å². The molecule has 0 spiro atoms. The van der Waals surface area contributed by atoms with Crippen molar-refractivity contribution in [1.82, 2.24) is 10.6 Å². The third kappa shape index (κ3) is 6.06. The Bertz CT molecular complexity index is 469. The van der Waals surface area contributed by atoms with Crippen LogP contribution in [0.2, 0.25) is 0 Å². The van der Waals surface area contributed by atoms with Crippen LogP contribution in [0.1, 0.15) is 30.6 Å². The number of rotatable bonds is 6. The van der Waals surface area contributed by atoms with Gasteiger partial charge in [-0.05, 0) is 24.1 Å². The average molecular weight is 342 g/mol. The molecule has 0 radical (unpaired) electrons. The number of nitrogens with two attached hydrogens (primary N) is 1. The number of anilines is 1. The van der Waals surface area contributed by atoms with E-state index < -0.39 is 0 Å².